The minimum absolute atomic E-state index is 0.248. The van der Waals surface area contributed by atoms with E-state index in [1.54, 1.807) is 32.9 Å². The molecular weight excluding hydrogens is 402 g/mol. The topological polar surface area (TPSA) is 64.6 Å². The maximum absolute atomic E-state index is 12.3. The normalized spacial score (nSPS) is 10.9. The molecule has 0 fully saturated rings. The number of rotatable bonds is 3. The van der Waals surface area contributed by atoms with Gasteiger partial charge in [0.2, 0.25) is 0 Å². The lowest BCUT2D eigenvalue weighted by Gasteiger charge is -2.19. The van der Waals surface area contributed by atoms with Crippen LogP contribution in [0.15, 0.2) is 72.8 Å². The van der Waals surface area contributed by atoms with Gasteiger partial charge >= 0.3 is 12.1 Å². The van der Waals surface area contributed by atoms with Crippen molar-refractivity contribution in [1.29, 1.82) is 0 Å². The smallest absolute Gasteiger partial charge is 0.441 e. The van der Waals surface area contributed by atoms with Crippen molar-refractivity contribution >= 4 is 23.7 Å². The van der Waals surface area contributed by atoms with Crippen molar-refractivity contribution in [3.05, 3.63) is 83.4 Å². The molecule has 0 aliphatic rings. The molecule has 154 valence electrons. The van der Waals surface area contributed by atoms with Gasteiger partial charge < -0.3 is 9.57 Å². The first-order valence-electron chi connectivity index (χ1n) is 9.38. The Morgan fingerprint density at radius 1 is 0.833 bits per heavy atom. The summed E-state index contributed by atoms with van der Waals surface area (Å²) in [7, 11) is 0. The number of hydrogen-bond acceptors (Lipinski definition) is 4. The summed E-state index contributed by atoms with van der Waals surface area (Å²) in [5, 5.41) is 0.499. The molecule has 0 spiro atoms. The lowest BCUT2D eigenvalue weighted by molar-refractivity contribution is -0.00129. The van der Waals surface area contributed by atoms with Crippen LogP contribution in [0.1, 0.15) is 31.1 Å². The predicted molar refractivity (Wildman–Crippen MR) is 117 cm³/mol. The van der Waals surface area contributed by atoms with Gasteiger partial charge in [-0.25, -0.2) is 9.59 Å². The van der Waals surface area contributed by atoms with Crippen molar-refractivity contribution in [3.8, 4) is 22.3 Å². The van der Waals surface area contributed by atoms with E-state index in [1.165, 1.54) is 6.07 Å². The fraction of sp³-hybridized carbons (Fsp3) is 0.167. The number of hydrogen-bond donors (Lipinski definition) is 1. The van der Waals surface area contributed by atoms with E-state index in [1.807, 2.05) is 60.1 Å². The van der Waals surface area contributed by atoms with E-state index in [9.17, 15) is 9.59 Å². The Hall–Kier alpha value is -3.31. The zero-order valence-corrected chi connectivity index (χ0v) is 17.7. The van der Waals surface area contributed by atoms with E-state index < -0.39 is 17.7 Å². The zero-order valence-electron chi connectivity index (χ0n) is 16.9. The van der Waals surface area contributed by atoms with Gasteiger partial charge in [-0.15, -0.1) is 5.48 Å². The van der Waals surface area contributed by atoms with Crippen LogP contribution >= 0.6 is 11.6 Å². The van der Waals surface area contributed by atoms with Gasteiger partial charge in [-0.1, -0.05) is 66.2 Å². The van der Waals surface area contributed by atoms with Crippen molar-refractivity contribution in [2.45, 2.75) is 26.4 Å². The number of carbonyl (C=O) groups excluding carboxylic acids is 2. The molecule has 5 nitrogen and oxygen atoms in total. The minimum atomic E-state index is -0.846. The second-order valence-electron chi connectivity index (χ2n) is 7.63. The summed E-state index contributed by atoms with van der Waals surface area (Å²) in [4.78, 5) is 28.8. The molecule has 0 heterocycles. The van der Waals surface area contributed by atoms with Crippen molar-refractivity contribution in [1.82, 2.24) is 5.48 Å². The first-order valence-corrected chi connectivity index (χ1v) is 9.76. The molecule has 0 aromatic heterocycles. The van der Waals surface area contributed by atoms with Crippen LogP contribution in [-0.4, -0.2) is 17.7 Å². The molecule has 0 aliphatic carbocycles. The Balaban J connectivity index is 1.75. The summed E-state index contributed by atoms with van der Waals surface area (Å²) in [5.74, 6) is -0.723. The second-order valence-corrected chi connectivity index (χ2v) is 8.04. The summed E-state index contributed by atoms with van der Waals surface area (Å²) in [6, 6.07) is 22.7. The molecular formula is C24H22ClNO4. The van der Waals surface area contributed by atoms with Crippen LogP contribution in [0.2, 0.25) is 5.02 Å². The molecule has 30 heavy (non-hydrogen) atoms. The molecule has 6 heteroatoms. The monoisotopic (exact) mass is 423 g/mol. The van der Waals surface area contributed by atoms with E-state index >= 15 is 0 Å². The van der Waals surface area contributed by atoms with Crippen LogP contribution < -0.4 is 5.48 Å². The summed E-state index contributed by atoms with van der Waals surface area (Å²) < 4.78 is 5.04. The molecule has 0 radical (unpaired) electrons. The Morgan fingerprint density at radius 2 is 1.43 bits per heavy atom. The summed E-state index contributed by atoms with van der Waals surface area (Å²) in [5.41, 5.74) is 5.27. The SMILES string of the molecule is CC(C)(C)OC(=O)NOC(=O)c1ccc(Cl)c(-c2ccc(-c3ccccc3)cc2)c1. The highest BCUT2D eigenvalue weighted by Crippen LogP contribution is 2.31. The quantitative estimate of drug-likeness (QED) is 0.504. The van der Waals surface area contributed by atoms with Crippen molar-refractivity contribution in [2.75, 3.05) is 0 Å². The Bertz CT molecular complexity index is 1040. The maximum atomic E-state index is 12.3. The third-order valence-corrected chi connectivity index (χ3v) is 4.46. The highest BCUT2D eigenvalue weighted by Gasteiger charge is 2.18. The number of benzene rings is 3. The third kappa shape index (κ3) is 5.61. The second kappa shape index (κ2) is 9.01. The molecule has 3 rings (SSSR count). The van der Waals surface area contributed by atoms with Gasteiger partial charge in [0.25, 0.3) is 0 Å². The van der Waals surface area contributed by atoms with E-state index in [2.05, 4.69) is 0 Å². The summed E-state index contributed by atoms with van der Waals surface area (Å²) in [6.45, 7) is 5.13. The van der Waals surface area contributed by atoms with Crippen LogP contribution in [0.3, 0.4) is 0 Å². The summed E-state index contributed by atoms with van der Waals surface area (Å²) >= 11 is 6.35. The van der Waals surface area contributed by atoms with Crippen molar-refractivity contribution in [3.63, 3.8) is 0 Å². The number of ether oxygens (including phenoxy) is 1. The number of hydroxylamine groups is 1. The van der Waals surface area contributed by atoms with Crippen LogP contribution in [0.25, 0.3) is 22.3 Å². The number of amides is 1. The predicted octanol–water partition coefficient (Wildman–Crippen LogP) is 6.27. The highest BCUT2D eigenvalue weighted by atomic mass is 35.5. The van der Waals surface area contributed by atoms with Crippen molar-refractivity contribution in [2.24, 2.45) is 0 Å². The Kier molecular flexibility index (Phi) is 6.43. The van der Waals surface area contributed by atoms with E-state index in [0.29, 0.717) is 10.6 Å². The molecule has 0 unspecified atom stereocenters. The van der Waals surface area contributed by atoms with E-state index in [-0.39, 0.29) is 5.56 Å². The minimum Gasteiger partial charge on any atom is -0.442 e. The van der Waals surface area contributed by atoms with Crippen LogP contribution in [-0.2, 0) is 9.57 Å². The van der Waals surface area contributed by atoms with Gasteiger partial charge in [-0.2, -0.15) is 0 Å². The largest absolute Gasteiger partial charge is 0.442 e. The molecule has 0 saturated heterocycles. The molecule has 1 amide bonds. The molecule has 3 aromatic carbocycles. The molecule has 0 aliphatic heterocycles. The number of nitrogens with one attached hydrogen (secondary N) is 1. The zero-order chi connectivity index (χ0) is 21.7. The average Bonchev–Trinajstić information content (AvgIpc) is 2.72. The van der Waals surface area contributed by atoms with Gasteiger partial charge in [0.15, 0.2) is 0 Å². The molecule has 1 N–H and O–H groups in total. The third-order valence-electron chi connectivity index (χ3n) is 4.13. The lowest BCUT2D eigenvalue weighted by atomic mass is 9.99. The lowest BCUT2D eigenvalue weighted by Crippen LogP contribution is -2.34. The fourth-order valence-corrected chi connectivity index (χ4v) is 3.02. The molecule has 3 aromatic rings. The van der Waals surface area contributed by atoms with Crippen LogP contribution in [0.4, 0.5) is 4.79 Å². The van der Waals surface area contributed by atoms with E-state index in [4.69, 9.17) is 21.2 Å². The number of carbonyl (C=O) groups is 2. The van der Waals surface area contributed by atoms with Crippen molar-refractivity contribution < 1.29 is 19.2 Å². The van der Waals surface area contributed by atoms with Gasteiger partial charge in [0, 0.05) is 10.6 Å². The number of halogens is 1. The van der Waals surface area contributed by atoms with E-state index in [0.717, 1.165) is 16.7 Å². The molecule has 0 atom stereocenters. The van der Waals surface area contributed by atoms with Gasteiger partial charge in [0.1, 0.15) is 5.60 Å². The first kappa shape index (κ1) is 21.4. The Morgan fingerprint density at radius 3 is 2.07 bits per heavy atom. The van der Waals surface area contributed by atoms with Crippen LogP contribution in [0, 0.1) is 0 Å². The molecule has 0 saturated carbocycles. The van der Waals surface area contributed by atoms with Gasteiger partial charge in [-0.05, 0) is 55.7 Å². The molecule has 0 bridgehead atoms. The van der Waals surface area contributed by atoms with Gasteiger partial charge in [0.05, 0.1) is 5.56 Å². The first-order chi connectivity index (χ1) is 14.2. The fourth-order valence-electron chi connectivity index (χ4n) is 2.79. The Labute approximate surface area is 180 Å². The highest BCUT2D eigenvalue weighted by molar-refractivity contribution is 6.33. The standard InChI is InChI=1S/C24H22ClNO4/c1-24(2,3)29-23(28)26-30-22(27)19-13-14-21(25)20(15-19)18-11-9-17(10-12-18)16-7-5-4-6-8-16/h4-15H,1-3H3,(H,26,28). The van der Waals surface area contributed by atoms with Crippen LogP contribution in [0.5, 0.6) is 0 Å². The summed E-state index contributed by atoms with van der Waals surface area (Å²) in [6.07, 6.45) is -0.846. The average molecular weight is 424 g/mol. The van der Waals surface area contributed by atoms with Gasteiger partial charge in [-0.3, -0.25) is 0 Å². The maximum Gasteiger partial charge on any atom is 0.441 e.